The van der Waals surface area contributed by atoms with E-state index >= 15 is 0 Å². The lowest BCUT2D eigenvalue weighted by atomic mass is 10.2. The number of nitrogens with one attached hydrogen (secondary N) is 1. The Bertz CT molecular complexity index is 604. The highest BCUT2D eigenvalue weighted by molar-refractivity contribution is 7.99. The van der Waals surface area contributed by atoms with Crippen molar-refractivity contribution >= 4 is 35.0 Å². The highest BCUT2D eigenvalue weighted by Crippen LogP contribution is 2.34. The lowest BCUT2D eigenvalue weighted by Gasteiger charge is -2.11. The summed E-state index contributed by atoms with van der Waals surface area (Å²) in [7, 11) is 0. The van der Waals surface area contributed by atoms with Crippen LogP contribution in [0.3, 0.4) is 0 Å². The number of hydrogen-bond donors (Lipinski definition) is 1. The summed E-state index contributed by atoms with van der Waals surface area (Å²) in [6, 6.07) is 10.5. The third-order valence-corrected chi connectivity index (χ3v) is 4.58. The zero-order chi connectivity index (χ0) is 14.5. The minimum Gasteiger partial charge on any atom is -0.313 e. The second-order valence-corrected chi connectivity index (χ2v) is 6.10. The van der Waals surface area contributed by atoms with Gasteiger partial charge in [-0.15, -0.1) is 0 Å². The highest BCUT2D eigenvalue weighted by atomic mass is 35.5. The van der Waals surface area contributed by atoms with E-state index in [4.69, 9.17) is 23.2 Å². The lowest BCUT2D eigenvalue weighted by molar-refractivity contribution is 0.586. The molecule has 2 aromatic rings. The van der Waals surface area contributed by atoms with Gasteiger partial charge in [-0.25, -0.2) is 4.39 Å². The summed E-state index contributed by atoms with van der Waals surface area (Å²) in [6.45, 7) is 3.30. The number of halogens is 3. The summed E-state index contributed by atoms with van der Waals surface area (Å²) in [6.07, 6.45) is 0. The van der Waals surface area contributed by atoms with Gasteiger partial charge in [0.25, 0.3) is 0 Å². The summed E-state index contributed by atoms with van der Waals surface area (Å²) in [4.78, 5) is 1.81. The monoisotopic (exact) mass is 329 g/mol. The Morgan fingerprint density at radius 2 is 1.95 bits per heavy atom. The van der Waals surface area contributed by atoms with Gasteiger partial charge in [-0.2, -0.15) is 0 Å². The molecule has 0 fully saturated rings. The lowest BCUT2D eigenvalue weighted by Crippen LogP contribution is -2.13. The van der Waals surface area contributed by atoms with Crippen LogP contribution in [0.25, 0.3) is 0 Å². The van der Waals surface area contributed by atoms with E-state index in [2.05, 4.69) is 5.32 Å². The molecule has 2 aromatic carbocycles. The zero-order valence-electron chi connectivity index (χ0n) is 10.9. The molecule has 0 aliphatic heterocycles. The van der Waals surface area contributed by atoms with Gasteiger partial charge in [0.2, 0.25) is 0 Å². The summed E-state index contributed by atoms with van der Waals surface area (Å²) in [5, 5.41) is 4.17. The first kappa shape index (κ1) is 15.6. The molecular weight excluding hydrogens is 316 g/mol. The molecule has 0 aromatic heterocycles. The van der Waals surface area contributed by atoms with Crippen LogP contribution in [0.1, 0.15) is 12.5 Å². The van der Waals surface area contributed by atoms with Crippen LogP contribution in [-0.4, -0.2) is 6.54 Å². The average molecular weight is 330 g/mol. The van der Waals surface area contributed by atoms with Crippen molar-refractivity contribution < 1.29 is 4.39 Å². The van der Waals surface area contributed by atoms with Gasteiger partial charge in [0, 0.05) is 21.9 Å². The summed E-state index contributed by atoms with van der Waals surface area (Å²) in [5.41, 5.74) is 0.672. The van der Waals surface area contributed by atoms with Crippen LogP contribution in [0.5, 0.6) is 0 Å². The van der Waals surface area contributed by atoms with Crippen molar-refractivity contribution in [2.45, 2.75) is 23.3 Å². The van der Waals surface area contributed by atoms with Gasteiger partial charge in [-0.1, -0.05) is 48.0 Å². The minimum atomic E-state index is -0.198. The maximum Gasteiger partial charge on any atom is 0.128 e. The van der Waals surface area contributed by atoms with Gasteiger partial charge in [0.1, 0.15) is 5.82 Å². The van der Waals surface area contributed by atoms with Crippen LogP contribution < -0.4 is 5.32 Å². The maximum absolute atomic E-state index is 13.9. The first-order valence-corrected chi connectivity index (χ1v) is 7.80. The Morgan fingerprint density at radius 3 is 2.65 bits per heavy atom. The molecule has 20 heavy (non-hydrogen) atoms. The van der Waals surface area contributed by atoms with Crippen LogP contribution >= 0.6 is 35.0 Å². The van der Waals surface area contributed by atoms with Crippen LogP contribution in [0.15, 0.2) is 46.2 Å². The van der Waals surface area contributed by atoms with Crippen LogP contribution in [0.4, 0.5) is 4.39 Å². The third-order valence-electron chi connectivity index (χ3n) is 2.75. The highest BCUT2D eigenvalue weighted by Gasteiger charge is 2.10. The Hall–Kier alpha value is -0.740. The van der Waals surface area contributed by atoms with Crippen molar-refractivity contribution in [3.05, 3.63) is 57.8 Å². The van der Waals surface area contributed by atoms with Gasteiger partial charge in [0.15, 0.2) is 0 Å². The van der Waals surface area contributed by atoms with Gasteiger partial charge in [0.05, 0.1) is 10.0 Å². The molecule has 0 radical (unpaired) electrons. The largest absolute Gasteiger partial charge is 0.313 e. The first-order valence-electron chi connectivity index (χ1n) is 6.23. The standard InChI is InChI=1S/C15H14Cl2FNS/c1-2-19-9-11-14(18)4-3-5-15(11)20-10-6-7-12(16)13(17)8-10/h3-8,19H,2,9H2,1H3. The number of hydrogen-bond acceptors (Lipinski definition) is 2. The molecule has 0 bridgehead atoms. The smallest absolute Gasteiger partial charge is 0.128 e. The topological polar surface area (TPSA) is 12.0 Å². The molecule has 0 heterocycles. The molecule has 1 N–H and O–H groups in total. The van der Waals surface area contributed by atoms with Gasteiger partial charge in [-0.3, -0.25) is 0 Å². The number of rotatable bonds is 5. The molecule has 0 amide bonds. The summed E-state index contributed by atoms with van der Waals surface area (Å²) in [5.74, 6) is -0.198. The molecule has 0 atom stereocenters. The SMILES string of the molecule is CCNCc1c(F)cccc1Sc1ccc(Cl)c(Cl)c1. The van der Waals surface area contributed by atoms with Crippen molar-refractivity contribution in [3.63, 3.8) is 0 Å². The number of benzene rings is 2. The zero-order valence-corrected chi connectivity index (χ0v) is 13.2. The molecule has 0 unspecified atom stereocenters. The average Bonchev–Trinajstić information content (AvgIpc) is 2.42. The van der Waals surface area contributed by atoms with E-state index in [1.165, 1.54) is 17.8 Å². The predicted molar refractivity (Wildman–Crippen MR) is 84.4 cm³/mol. The molecule has 2 rings (SSSR count). The van der Waals surface area contributed by atoms with E-state index < -0.39 is 0 Å². The quantitative estimate of drug-likeness (QED) is 0.788. The molecule has 0 aliphatic carbocycles. The van der Waals surface area contributed by atoms with E-state index in [1.54, 1.807) is 18.2 Å². The molecular formula is C15H14Cl2FNS. The van der Waals surface area contributed by atoms with Gasteiger partial charge in [-0.05, 0) is 36.9 Å². The van der Waals surface area contributed by atoms with Crippen molar-refractivity contribution in [2.24, 2.45) is 0 Å². The van der Waals surface area contributed by atoms with E-state index in [0.29, 0.717) is 22.2 Å². The normalized spacial score (nSPS) is 10.8. The van der Waals surface area contributed by atoms with Crippen LogP contribution in [0, 0.1) is 5.82 Å². The Morgan fingerprint density at radius 1 is 1.15 bits per heavy atom. The van der Waals surface area contributed by atoms with Crippen LogP contribution in [0.2, 0.25) is 10.0 Å². The van der Waals surface area contributed by atoms with Crippen molar-refractivity contribution in [1.29, 1.82) is 0 Å². The van der Waals surface area contributed by atoms with Gasteiger partial charge < -0.3 is 5.32 Å². The van der Waals surface area contributed by atoms with E-state index in [0.717, 1.165) is 16.3 Å². The summed E-state index contributed by atoms with van der Waals surface area (Å²) < 4.78 is 13.9. The van der Waals surface area contributed by atoms with E-state index in [-0.39, 0.29) is 5.82 Å². The van der Waals surface area contributed by atoms with E-state index in [9.17, 15) is 4.39 Å². The Labute approximate surface area is 132 Å². The van der Waals surface area contributed by atoms with Crippen molar-refractivity contribution in [1.82, 2.24) is 5.32 Å². The summed E-state index contributed by atoms with van der Waals surface area (Å²) >= 11 is 13.4. The molecule has 0 spiro atoms. The fourth-order valence-electron chi connectivity index (χ4n) is 1.72. The second kappa shape index (κ2) is 7.32. The fraction of sp³-hybridized carbons (Fsp3) is 0.200. The van der Waals surface area contributed by atoms with Gasteiger partial charge >= 0.3 is 0 Å². The molecule has 5 heteroatoms. The molecule has 106 valence electrons. The molecule has 1 nitrogen and oxygen atoms in total. The Balaban J connectivity index is 2.28. The van der Waals surface area contributed by atoms with Crippen LogP contribution in [-0.2, 0) is 6.54 Å². The Kier molecular flexibility index (Phi) is 5.73. The van der Waals surface area contributed by atoms with E-state index in [1.807, 2.05) is 19.1 Å². The molecule has 0 saturated carbocycles. The molecule has 0 aliphatic rings. The maximum atomic E-state index is 13.9. The second-order valence-electron chi connectivity index (χ2n) is 4.17. The predicted octanol–water partition coefficient (Wildman–Crippen LogP) is 5.39. The fourth-order valence-corrected chi connectivity index (χ4v) is 3.09. The van der Waals surface area contributed by atoms with Crippen molar-refractivity contribution in [3.8, 4) is 0 Å². The third kappa shape index (κ3) is 3.89. The minimum absolute atomic E-state index is 0.198. The first-order chi connectivity index (χ1) is 9.61. The molecule has 0 saturated heterocycles. The van der Waals surface area contributed by atoms with Crippen molar-refractivity contribution in [2.75, 3.05) is 6.54 Å².